The van der Waals surface area contributed by atoms with Gasteiger partial charge >= 0.3 is 0 Å². The Hall–Kier alpha value is -1.86. The van der Waals surface area contributed by atoms with Gasteiger partial charge in [0.05, 0.1) is 11.8 Å². The van der Waals surface area contributed by atoms with Crippen molar-refractivity contribution in [1.82, 2.24) is 9.88 Å². The number of amidine groups is 1. The van der Waals surface area contributed by atoms with Gasteiger partial charge in [0.1, 0.15) is 5.69 Å². The molecule has 0 aliphatic carbocycles. The summed E-state index contributed by atoms with van der Waals surface area (Å²) in [6, 6.07) is 3.86. The van der Waals surface area contributed by atoms with Gasteiger partial charge in [0, 0.05) is 25.3 Å². The van der Waals surface area contributed by atoms with Gasteiger partial charge in [-0.15, -0.1) is 0 Å². The largest absolute Gasteiger partial charge is 0.409 e. The van der Waals surface area contributed by atoms with Crippen molar-refractivity contribution in [1.29, 1.82) is 0 Å². The molecule has 1 aliphatic heterocycles. The van der Waals surface area contributed by atoms with Gasteiger partial charge < -0.3 is 25.8 Å². The zero-order valence-corrected chi connectivity index (χ0v) is 11.8. The second-order valence-corrected chi connectivity index (χ2v) is 5.31. The summed E-state index contributed by atoms with van der Waals surface area (Å²) < 4.78 is 0. The van der Waals surface area contributed by atoms with Crippen LogP contribution in [-0.2, 0) is 0 Å². The molecule has 1 fully saturated rings. The lowest BCUT2D eigenvalue weighted by molar-refractivity contribution is 0.191. The van der Waals surface area contributed by atoms with Crippen molar-refractivity contribution in [2.45, 2.75) is 18.6 Å². The van der Waals surface area contributed by atoms with Crippen LogP contribution in [0, 0.1) is 0 Å². The van der Waals surface area contributed by atoms with Crippen molar-refractivity contribution in [3.63, 3.8) is 0 Å². The Morgan fingerprint density at radius 3 is 3.00 bits per heavy atom. The Labute approximate surface area is 118 Å². The highest BCUT2D eigenvalue weighted by molar-refractivity contribution is 6.00. The summed E-state index contributed by atoms with van der Waals surface area (Å²) in [5, 5.41) is 21.8. The van der Waals surface area contributed by atoms with Crippen molar-refractivity contribution >= 4 is 11.5 Å². The topological polar surface area (TPSA) is 98.2 Å². The maximum Gasteiger partial charge on any atom is 0.190 e. The minimum absolute atomic E-state index is 0.0226. The minimum atomic E-state index is -0.375. The molecule has 2 rings (SSSR count). The Morgan fingerprint density at radius 2 is 2.35 bits per heavy atom. The molecule has 1 aromatic rings. The Morgan fingerprint density at radius 1 is 1.60 bits per heavy atom. The van der Waals surface area contributed by atoms with Crippen LogP contribution in [0.15, 0.2) is 23.5 Å². The van der Waals surface area contributed by atoms with Gasteiger partial charge in [-0.1, -0.05) is 5.16 Å². The number of oxime groups is 1. The summed E-state index contributed by atoms with van der Waals surface area (Å²) >= 11 is 0. The first-order valence-electron chi connectivity index (χ1n) is 6.55. The molecule has 20 heavy (non-hydrogen) atoms. The van der Waals surface area contributed by atoms with Gasteiger partial charge in [0.25, 0.3) is 0 Å². The first-order valence-corrected chi connectivity index (χ1v) is 6.55. The number of nitrogens with two attached hydrogens (primary N) is 1. The highest BCUT2D eigenvalue weighted by atomic mass is 16.4. The maximum atomic E-state index is 9.94. The monoisotopic (exact) mass is 279 g/mol. The van der Waals surface area contributed by atoms with Crippen LogP contribution in [0.2, 0.25) is 0 Å². The fourth-order valence-electron chi connectivity index (χ4n) is 2.65. The molecule has 1 saturated heterocycles. The number of aliphatic hydroxyl groups is 1. The van der Waals surface area contributed by atoms with Crippen LogP contribution >= 0.6 is 0 Å². The molecule has 2 heterocycles. The van der Waals surface area contributed by atoms with E-state index in [4.69, 9.17) is 10.9 Å². The molecular formula is C13H21N5O2. The van der Waals surface area contributed by atoms with Gasteiger partial charge in [-0.05, 0) is 32.6 Å². The number of hydrogen-bond donors (Lipinski definition) is 3. The number of β-amino-alcohol motifs (C(OH)–C–C–N with tert-alkyl or cyclic N) is 1. The maximum absolute atomic E-state index is 9.94. The standard InChI is InChI=1S/C13H21N5O2/c1-17(2)7-9-6-10(19)8-18(9)11-4-3-5-15-12(11)13(14)16-20/h3-5,9-10,19-20H,6-8H2,1-2H3,(H2,14,16). The third kappa shape index (κ3) is 3.00. The molecule has 1 aliphatic rings. The Balaban J connectivity index is 2.34. The molecule has 7 heteroatoms. The van der Waals surface area contributed by atoms with E-state index in [9.17, 15) is 5.11 Å². The summed E-state index contributed by atoms with van der Waals surface area (Å²) in [6.07, 6.45) is 1.92. The summed E-state index contributed by atoms with van der Waals surface area (Å²) in [6.45, 7) is 1.34. The zero-order valence-electron chi connectivity index (χ0n) is 11.8. The number of hydrogen-bond acceptors (Lipinski definition) is 6. The zero-order chi connectivity index (χ0) is 14.7. The van der Waals surface area contributed by atoms with Gasteiger partial charge in [-0.25, -0.2) is 0 Å². The van der Waals surface area contributed by atoms with Crippen LogP contribution in [0.1, 0.15) is 12.1 Å². The van der Waals surface area contributed by atoms with Crippen LogP contribution in [0.4, 0.5) is 5.69 Å². The lowest BCUT2D eigenvalue weighted by atomic mass is 10.1. The Bertz CT molecular complexity index is 491. The molecule has 4 N–H and O–H groups in total. The quantitative estimate of drug-likeness (QED) is 0.302. The first-order chi connectivity index (χ1) is 9.52. The van der Waals surface area contributed by atoms with Crippen LogP contribution in [0.3, 0.4) is 0 Å². The molecule has 0 bridgehead atoms. The van der Waals surface area contributed by atoms with Gasteiger partial charge in [-0.2, -0.15) is 0 Å². The lowest BCUT2D eigenvalue weighted by Crippen LogP contribution is -2.38. The second-order valence-electron chi connectivity index (χ2n) is 5.31. The number of nitrogens with zero attached hydrogens (tertiary/aromatic N) is 4. The van der Waals surface area contributed by atoms with Gasteiger partial charge in [0.15, 0.2) is 5.84 Å². The summed E-state index contributed by atoms with van der Waals surface area (Å²) in [7, 11) is 3.99. The van der Waals surface area contributed by atoms with E-state index in [0.29, 0.717) is 18.7 Å². The molecule has 0 radical (unpaired) electrons. The fourth-order valence-corrected chi connectivity index (χ4v) is 2.65. The molecule has 2 atom stereocenters. The molecule has 0 saturated carbocycles. The third-order valence-electron chi connectivity index (χ3n) is 3.41. The van der Waals surface area contributed by atoms with Crippen molar-refractivity contribution in [3.8, 4) is 0 Å². The van der Waals surface area contributed by atoms with E-state index in [1.165, 1.54) is 0 Å². The SMILES string of the molecule is CN(C)CC1CC(O)CN1c1cccnc1/C(N)=N/O. The van der Waals surface area contributed by atoms with Gasteiger partial charge in [-0.3, -0.25) is 4.98 Å². The van der Waals surface area contributed by atoms with Crippen molar-refractivity contribution in [3.05, 3.63) is 24.0 Å². The highest BCUT2D eigenvalue weighted by Gasteiger charge is 2.33. The fraction of sp³-hybridized carbons (Fsp3) is 0.538. The number of pyridine rings is 1. The predicted molar refractivity (Wildman–Crippen MR) is 77.1 cm³/mol. The summed E-state index contributed by atoms with van der Waals surface area (Å²) in [5.74, 6) is -0.0226. The molecule has 7 nitrogen and oxygen atoms in total. The van der Waals surface area contributed by atoms with Crippen molar-refractivity contribution < 1.29 is 10.3 Å². The van der Waals surface area contributed by atoms with E-state index in [-0.39, 0.29) is 18.0 Å². The number of likely N-dealkylation sites (N-methyl/N-ethyl adjacent to an activating group) is 1. The van der Waals surface area contributed by atoms with E-state index < -0.39 is 0 Å². The van der Waals surface area contributed by atoms with E-state index in [0.717, 1.165) is 12.2 Å². The number of rotatable bonds is 4. The van der Waals surface area contributed by atoms with E-state index in [1.54, 1.807) is 12.3 Å². The van der Waals surface area contributed by atoms with Crippen LogP contribution in [0.5, 0.6) is 0 Å². The van der Waals surface area contributed by atoms with E-state index in [1.807, 2.05) is 20.2 Å². The summed E-state index contributed by atoms with van der Waals surface area (Å²) in [5.41, 5.74) is 6.90. The molecule has 110 valence electrons. The van der Waals surface area contributed by atoms with Crippen molar-refractivity contribution in [2.75, 3.05) is 32.1 Å². The smallest absolute Gasteiger partial charge is 0.190 e. The lowest BCUT2D eigenvalue weighted by Gasteiger charge is -2.29. The van der Waals surface area contributed by atoms with Crippen LogP contribution in [0.25, 0.3) is 0 Å². The predicted octanol–water partition coefficient (Wildman–Crippen LogP) is -0.323. The number of anilines is 1. The minimum Gasteiger partial charge on any atom is -0.409 e. The molecular weight excluding hydrogens is 258 g/mol. The average molecular weight is 279 g/mol. The third-order valence-corrected chi connectivity index (χ3v) is 3.41. The number of aliphatic hydroxyl groups excluding tert-OH is 1. The molecule has 0 spiro atoms. The first kappa shape index (κ1) is 14.5. The van der Waals surface area contributed by atoms with E-state index >= 15 is 0 Å². The molecule has 0 amide bonds. The number of aromatic nitrogens is 1. The van der Waals surface area contributed by atoms with Crippen molar-refractivity contribution in [2.24, 2.45) is 10.9 Å². The summed E-state index contributed by atoms with van der Waals surface area (Å²) in [4.78, 5) is 8.33. The highest BCUT2D eigenvalue weighted by Crippen LogP contribution is 2.28. The average Bonchev–Trinajstić information content (AvgIpc) is 2.77. The van der Waals surface area contributed by atoms with E-state index in [2.05, 4.69) is 19.9 Å². The normalized spacial score (nSPS) is 23.6. The Kier molecular flexibility index (Phi) is 4.41. The molecule has 0 aromatic carbocycles. The molecule has 2 unspecified atom stereocenters. The van der Waals surface area contributed by atoms with Crippen LogP contribution < -0.4 is 10.6 Å². The molecule has 1 aromatic heterocycles. The van der Waals surface area contributed by atoms with Crippen LogP contribution in [-0.4, -0.2) is 65.4 Å². The second kappa shape index (κ2) is 6.06. The van der Waals surface area contributed by atoms with Gasteiger partial charge in [0.2, 0.25) is 0 Å².